The second kappa shape index (κ2) is 9.09. The maximum absolute atomic E-state index is 12.5. The van der Waals surface area contributed by atoms with E-state index >= 15 is 0 Å². The third-order valence-electron chi connectivity index (χ3n) is 4.36. The van der Waals surface area contributed by atoms with Crippen molar-refractivity contribution in [2.24, 2.45) is 0 Å². The predicted octanol–water partition coefficient (Wildman–Crippen LogP) is 0.387. The van der Waals surface area contributed by atoms with E-state index in [0.29, 0.717) is 24.3 Å². The third kappa shape index (κ3) is 5.14. The summed E-state index contributed by atoms with van der Waals surface area (Å²) >= 11 is 1.17. The number of nitrogens with one attached hydrogen (secondary N) is 1. The van der Waals surface area contributed by atoms with Crippen LogP contribution in [0.4, 0.5) is 0 Å². The number of phenols is 2. The smallest absolute Gasteiger partial charge is 0.249 e. The molecule has 1 aliphatic heterocycles. The molecule has 1 saturated heterocycles. The van der Waals surface area contributed by atoms with Crippen molar-refractivity contribution in [3.63, 3.8) is 0 Å². The van der Waals surface area contributed by atoms with Gasteiger partial charge in [-0.05, 0) is 36.8 Å². The number of aromatic hydroxyl groups is 2. The summed E-state index contributed by atoms with van der Waals surface area (Å²) in [7, 11) is 0. The first-order valence-corrected chi connectivity index (χ1v) is 9.69. The van der Waals surface area contributed by atoms with Crippen LogP contribution in [0.15, 0.2) is 18.2 Å². The molecule has 148 valence electrons. The van der Waals surface area contributed by atoms with E-state index < -0.39 is 24.1 Å². The van der Waals surface area contributed by atoms with Crippen LogP contribution in [-0.4, -0.2) is 67.6 Å². The van der Waals surface area contributed by atoms with Crippen molar-refractivity contribution in [3.05, 3.63) is 23.8 Å². The summed E-state index contributed by atoms with van der Waals surface area (Å²) in [6.07, 6.45) is -0.891. The highest BCUT2D eigenvalue weighted by atomic mass is 32.2. The Kier molecular flexibility index (Phi) is 7.09. The van der Waals surface area contributed by atoms with Crippen LogP contribution in [0.5, 0.6) is 11.5 Å². The first kappa shape index (κ1) is 21.0. The number of hydrogen-bond donors (Lipinski definition) is 4. The summed E-state index contributed by atoms with van der Waals surface area (Å²) < 4.78 is 0. The Morgan fingerprint density at radius 3 is 2.56 bits per heavy atom. The van der Waals surface area contributed by atoms with Crippen molar-refractivity contribution in [2.75, 3.05) is 12.3 Å². The normalized spacial score (nSPS) is 18.3. The van der Waals surface area contributed by atoms with Crippen molar-refractivity contribution in [1.29, 1.82) is 0 Å². The number of nitrogens with zero attached hydrogens (tertiary/aromatic N) is 1. The van der Waals surface area contributed by atoms with Gasteiger partial charge in [-0.2, -0.15) is 0 Å². The SMILES string of the molecule is CCSC(=O)C1CCN1C(=O)C(C)NC(=O)C(O)Cc1ccc(O)c(O)c1. The van der Waals surface area contributed by atoms with Crippen LogP contribution in [0.1, 0.15) is 25.8 Å². The summed E-state index contributed by atoms with van der Waals surface area (Å²) in [5, 5.41) is 31.2. The van der Waals surface area contributed by atoms with Crippen molar-refractivity contribution < 1.29 is 29.7 Å². The minimum atomic E-state index is -1.42. The zero-order chi connectivity index (χ0) is 20.1. The molecule has 4 N–H and O–H groups in total. The molecule has 0 saturated carbocycles. The molecule has 0 bridgehead atoms. The number of amides is 2. The minimum absolute atomic E-state index is 0.0530. The fourth-order valence-corrected chi connectivity index (χ4v) is 3.49. The Balaban J connectivity index is 1.89. The topological polar surface area (TPSA) is 127 Å². The third-order valence-corrected chi connectivity index (χ3v) is 5.21. The van der Waals surface area contributed by atoms with E-state index in [0.717, 1.165) is 0 Å². The van der Waals surface area contributed by atoms with Crippen molar-refractivity contribution in [2.45, 2.75) is 44.9 Å². The van der Waals surface area contributed by atoms with Gasteiger partial charge in [0.1, 0.15) is 18.2 Å². The van der Waals surface area contributed by atoms with Gasteiger partial charge in [0.05, 0.1) is 0 Å². The number of phenolic OH excluding ortho intramolecular Hbond substituents is 2. The number of aliphatic hydroxyl groups excluding tert-OH is 1. The van der Waals surface area contributed by atoms with E-state index in [9.17, 15) is 29.7 Å². The van der Waals surface area contributed by atoms with Crippen LogP contribution in [0, 0.1) is 0 Å². The second-order valence-corrected chi connectivity index (χ2v) is 7.63. The molecule has 1 fully saturated rings. The van der Waals surface area contributed by atoms with Crippen LogP contribution in [0.3, 0.4) is 0 Å². The first-order chi connectivity index (χ1) is 12.7. The number of carbonyl (C=O) groups excluding carboxylic acids is 3. The molecule has 1 heterocycles. The number of carbonyl (C=O) groups is 3. The quantitative estimate of drug-likeness (QED) is 0.491. The molecule has 8 nitrogen and oxygen atoms in total. The molecule has 3 unspecified atom stereocenters. The highest BCUT2D eigenvalue weighted by Gasteiger charge is 2.39. The molecule has 0 aliphatic carbocycles. The molecular formula is C18H24N2O6S. The largest absolute Gasteiger partial charge is 0.504 e. The fourth-order valence-electron chi connectivity index (χ4n) is 2.77. The molecule has 27 heavy (non-hydrogen) atoms. The summed E-state index contributed by atoms with van der Waals surface area (Å²) in [6, 6.07) is 2.66. The van der Waals surface area contributed by atoms with E-state index in [-0.39, 0.29) is 28.9 Å². The highest BCUT2D eigenvalue weighted by molar-refractivity contribution is 8.13. The van der Waals surface area contributed by atoms with Gasteiger partial charge in [0.25, 0.3) is 0 Å². The maximum Gasteiger partial charge on any atom is 0.249 e. The predicted molar refractivity (Wildman–Crippen MR) is 100 cm³/mol. The van der Waals surface area contributed by atoms with Gasteiger partial charge in [-0.3, -0.25) is 14.4 Å². The van der Waals surface area contributed by atoms with Crippen LogP contribution in [-0.2, 0) is 20.8 Å². The summed E-state index contributed by atoms with van der Waals surface area (Å²) in [6.45, 7) is 3.84. The molecule has 3 atom stereocenters. The fraction of sp³-hybridized carbons (Fsp3) is 0.500. The molecule has 1 aromatic carbocycles. The van der Waals surface area contributed by atoms with Crippen molar-refractivity contribution in [3.8, 4) is 11.5 Å². The number of likely N-dealkylation sites (tertiary alicyclic amines) is 1. The Labute approximate surface area is 161 Å². The average molecular weight is 396 g/mol. The van der Waals surface area contributed by atoms with Crippen LogP contribution in [0.2, 0.25) is 0 Å². The molecule has 1 aromatic rings. The molecule has 9 heteroatoms. The Morgan fingerprint density at radius 2 is 2.00 bits per heavy atom. The standard InChI is InChI=1S/C18H24N2O6S/c1-3-27-18(26)12-6-7-20(12)17(25)10(2)19-16(24)15(23)9-11-4-5-13(21)14(22)8-11/h4-5,8,10,12,15,21-23H,3,6-7,9H2,1-2H3,(H,19,24). The highest BCUT2D eigenvalue weighted by Crippen LogP contribution is 2.26. The van der Waals surface area contributed by atoms with Crippen LogP contribution >= 0.6 is 11.8 Å². The van der Waals surface area contributed by atoms with Crippen molar-refractivity contribution >= 4 is 28.7 Å². The summed E-state index contributed by atoms with van der Waals surface area (Å²) in [5.74, 6) is -1.09. The number of rotatable bonds is 7. The average Bonchev–Trinajstić information content (AvgIpc) is 2.57. The zero-order valence-electron chi connectivity index (χ0n) is 15.2. The van der Waals surface area contributed by atoms with Gasteiger partial charge < -0.3 is 25.5 Å². The second-order valence-electron chi connectivity index (χ2n) is 6.36. The lowest BCUT2D eigenvalue weighted by molar-refractivity contribution is -0.146. The van der Waals surface area contributed by atoms with Crippen molar-refractivity contribution in [1.82, 2.24) is 10.2 Å². The lowest BCUT2D eigenvalue weighted by Gasteiger charge is -2.41. The summed E-state index contributed by atoms with van der Waals surface area (Å²) in [5.41, 5.74) is 0.455. The minimum Gasteiger partial charge on any atom is -0.504 e. The molecule has 0 aromatic heterocycles. The molecule has 1 aliphatic rings. The molecular weight excluding hydrogens is 372 g/mol. The molecule has 0 radical (unpaired) electrons. The van der Waals surface area contributed by atoms with Crippen LogP contribution < -0.4 is 5.32 Å². The van der Waals surface area contributed by atoms with Gasteiger partial charge in [-0.1, -0.05) is 24.8 Å². The van der Waals surface area contributed by atoms with Gasteiger partial charge >= 0.3 is 0 Å². The van der Waals surface area contributed by atoms with Gasteiger partial charge in [-0.25, -0.2) is 0 Å². The van der Waals surface area contributed by atoms with Gasteiger partial charge in [0.15, 0.2) is 11.5 Å². The Bertz CT molecular complexity index is 726. The number of benzene rings is 1. The number of thioether (sulfide) groups is 1. The Morgan fingerprint density at radius 1 is 1.30 bits per heavy atom. The number of hydrogen-bond acceptors (Lipinski definition) is 7. The lowest BCUT2D eigenvalue weighted by atomic mass is 10.0. The van der Waals surface area contributed by atoms with Gasteiger partial charge in [0, 0.05) is 13.0 Å². The molecule has 0 spiro atoms. The monoisotopic (exact) mass is 396 g/mol. The van der Waals surface area contributed by atoms with Gasteiger partial charge in [-0.15, -0.1) is 0 Å². The van der Waals surface area contributed by atoms with Gasteiger partial charge in [0.2, 0.25) is 16.9 Å². The maximum atomic E-state index is 12.5. The molecule has 2 rings (SSSR count). The van der Waals surface area contributed by atoms with E-state index in [1.54, 1.807) is 0 Å². The van der Waals surface area contributed by atoms with E-state index in [4.69, 9.17) is 0 Å². The van der Waals surface area contributed by atoms with E-state index in [2.05, 4.69) is 5.32 Å². The molecule has 2 amide bonds. The van der Waals surface area contributed by atoms with E-state index in [1.807, 2.05) is 6.92 Å². The van der Waals surface area contributed by atoms with Crippen LogP contribution in [0.25, 0.3) is 0 Å². The van der Waals surface area contributed by atoms with E-state index in [1.165, 1.54) is 41.8 Å². The zero-order valence-corrected chi connectivity index (χ0v) is 16.0. The Hall–Kier alpha value is -2.26. The number of aliphatic hydroxyl groups is 1. The first-order valence-electron chi connectivity index (χ1n) is 8.71. The lowest BCUT2D eigenvalue weighted by Crippen LogP contribution is -2.60. The summed E-state index contributed by atoms with van der Waals surface area (Å²) in [4.78, 5) is 38.0.